The van der Waals surface area contributed by atoms with Crippen LogP contribution < -0.4 is 4.74 Å². The van der Waals surface area contributed by atoms with Crippen LogP contribution in [0.15, 0.2) is 83.8 Å². The zero-order chi connectivity index (χ0) is 30.5. The second-order valence-corrected chi connectivity index (χ2v) is 11.2. The molecule has 0 unspecified atom stereocenters. The minimum Gasteiger partial charge on any atom is -0.497 e. The van der Waals surface area contributed by atoms with Crippen LogP contribution in [0.5, 0.6) is 5.75 Å². The molecule has 0 N–H and O–H groups in total. The standard InChI is InChI=1S/C32H31NO9S/c1-19(34)40-28-26(18-39-17-21-13-15-22(38-3)16-14-21)42-32(43-23-9-5-4-6-10-23)27(29(28)41-20(2)35)33-30(36)24-11-7-8-12-25(24)31(33)37/h4-16,26-29,32H,17-18H2,1-3H3/t26-,27-,28-,29-,32+/m1/s1. The Balaban J connectivity index is 1.50. The van der Waals surface area contributed by atoms with Gasteiger partial charge in [0.25, 0.3) is 11.8 Å². The predicted octanol–water partition coefficient (Wildman–Crippen LogP) is 4.26. The second kappa shape index (κ2) is 13.4. The van der Waals surface area contributed by atoms with Crippen molar-refractivity contribution in [3.8, 4) is 5.75 Å². The first kappa shape index (κ1) is 30.3. The summed E-state index contributed by atoms with van der Waals surface area (Å²) >= 11 is 1.26. The molecule has 0 aromatic heterocycles. The van der Waals surface area contributed by atoms with Gasteiger partial charge in [0.15, 0.2) is 12.2 Å². The van der Waals surface area contributed by atoms with Gasteiger partial charge in [-0.2, -0.15) is 0 Å². The molecule has 5 atom stereocenters. The Kier molecular flexibility index (Phi) is 9.44. The normalized spacial score (nSPS) is 23.0. The van der Waals surface area contributed by atoms with Crippen LogP contribution in [-0.2, 0) is 35.1 Å². The zero-order valence-electron chi connectivity index (χ0n) is 23.8. The summed E-state index contributed by atoms with van der Waals surface area (Å²) in [5.74, 6) is -1.73. The Morgan fingerprint density at radius 1 is 0.814 bits per heavy atom. The molecule has 3 aromatic carbocycles. The van der Waals surface area contributed by atoms with Crippen LogP contribution in [0.2, 0.25) is 0 Å². The van der Waals surface area contributed by atoms with Crippen LogP contribution in [0.4, 0.5) is 0 Å². The topological polar surface area (TPSA) is 118 Å². The van der Waals surface area contributed by atoms with E-state index in [1.807, 2.05) is 54.6 Å². The number of thioether (sulfide) groups is 1. The number of esters is 2. The lowest BCUT2D eigenvalue weighted by Crippen LogP contribution is -2.66. The van der Waals surface area contributed by atoms with Crippen LogP contribution in [0.25, 0.3) is 0 Å². The van der Waals surface area contributed by atoms with E-state index in [0.29, 0.717) is 5.75 Å². The van der Waals surface area contributed by atoms with Gasteiger partial charge in [0.1, 0.15) is 23.3 Å². The van der Waals surface area contributed by atoms with Gasteiger partial charge in [-0.05, 0) is 42.0 Å². The monoisotopic (exact) mass is 605 g/mol. The van der Waals surface area contributed by atoms with E-state index < -0.39 is 53.5 Å². The number of ether oxygens (including phenoxy) is 5. The fourth-order valence-corrected chi connectivity index (χ4v) is 6.38. The average Bonchev–Trinajstić information content (AvgIpc) is 3.24. The fraction of sp³-hybridized carbons (Fsp3) is 0.312. The van der Waals surface area contributed by atoms with Gasteiger partial charge >= 0.3 is 11.9 Å². The number of hydrogen-bond donors (Lipinski definition) is 0. The molecule has 5 rings (SSSR count). The molecule has 2 heterocycles. The van der Waals surface area contributed by atoms with Gasteiger partial charge in [-0.1, -0.05) is 54.2 Å². The lowest BCUT2D eigenvalue weighted by atomic mass is 9.96. The molecular weight excluding hydrogens is 574 g/mol. The zero-order valence-corrected chi connectivity index (χ0v) is 24.7. The number of rotatable bonds is 10. The van der Waals surface area contributed by atoms with Gasteiger partial charge in [0.05, 0.1) is 31.5 Å². The molecule has 0 saturated carbocycles. The molecule has 0 spiro atoms. The molecule has 2 amide bonds. The molecule has 43 heavy (non-hydrogen) atoms. The van der Waals surface area contributed by atoms with E-state index in [-0.39, 0.29) is 24.3 Å². The van der Waals surface area contributed by atoms with Crippen molar-refractivity contribution < 1.29 is 42.9 Å². The lowest BCUT2D eigenvalue weighted by molar-refractivity contribution is -0.217. The average molecular weight is 606 g/mol. The van der Waals surface area contributed by atoms with E-state index in [9.17, 15) is 19.2 Å². The highest BCUT2D eigenvalue weighted by molar-refractivity contribution is 7.99. The number of carbonyl (C=O) groups is 4. The maximum Gasteiger partial charge on any atom is 0.303 e. The fourth-order valence-electron chi connectivity index (χ4n) is 5.18. The molecule has 0 radical (unpaired) electrons. The quantitative estimate of drug-likeness (QED) is 0.245. The third kappa shape index (κ3) is 6.74. The molecule has 1 fully saturated rings. The Morgan fingerprint density at radius 2 is 1.40 bits per heavy atom. The van der Waals surface area contributed by atoms with Crippen molar-refractivity contribution in [3.63, 3.8) is 0 Å². The van der Waals surface area contributed by atoms with Crippen LogP contribution in [0.1, 0.15) is 40.1 Å². The molecule has 10 nitrogen and oxygen atoms in total. The molecular formula is C32H31NO9S. The first-order valence-corrected chi connectivity index (χ1v) is 14.5. The SMILES string of the molecule is COc1ccc(COC[C@H]2O[C@@H](Sc3ccccc3)[C@H](N3C(=O)c4ccccc4C3=O)[C@@H](OC(C)=O)[C@@H]2OC(C)=O)cc1. The van der Waals surface area contributed by atoms with E-state index in [1.54, 1.807) is 31.4 Å². The van der Waals surface area contributed by atoms with Crippen molar-refractivity contribution in [1.29, 1.82) is 0 Å². The summed E-state index contributed by atoms with van der Waals surface area (Å²) in [6.45, 7) is 2.62. The van der Waals surface area contributed by atoms with E-state index >= 15 is 0 Å². The Morgan fingerprint density at radius 3 is 1.98 bits per heavy atom. The van der Waals surface area contributed by atoms with E-state index in [0.717, 1.165) is 15.4 Å². The van der Waals surface area contributed by atoms with Gasteiger partial charge in [0.2, 0.25) is 0 Å². The summed E-state index contributed by atoms with van der Waals surface area (Å²) in [5.41, 5.74) is 0.421. The van der Waals surface area contributed by atoms with Crippen molar-refractivity contribution in [1.82, 2.24) is 4.90 Å². The van der Waals surface area contributed by atoms with Gasteiger partial charge in [-0.3, -0.25) is 24.1 Å². The van der Waals surface area contributed by atoms with Gasteiger partial charge in [-0.25, -0.2) is 0 Å². The molecule has 0 bridgehead atoms. The number of hydrogen-bond acceptors (Lipinski definition) is 10. The van der Waals surface area contributed by atoms with Gasteiger partial charge in [-0.15, -0.1) is 0 Å². The minimum atomic E-state index is -1.24. The molecule has 2 aliphatic heterocycles. The molecule has 0 aliphatic carbocycles. The smallest absolute Gasteiger partial charge is 0.303 e. The molecule has 1 saturated heterocycles. The summed E-state index contributed by atoms with van der Waals surface area (Å²) in [6, 6.07) is 22.0. The highest BCUT2D eigenvalue weighted by atomic mass is 32.2. The van der Waals surface area contributed by atoms with Crippen molar-refractivity contribution in [2.75, 3.05) is 13.7 Å². The van der Waals surface area contributed by atoms with Gasteiger partial charge in [0, 0.05) is 18.7 Å². The van der Waals surface area contributed by atoms with Crippen molar-refractivity contribution >= 4 is 35.5 Å². The minimum absolute atomic E-state index is 0.0393. The predicted molar refractivity (Wildman–Crippen MR) is 155 cm³/mol. The second-order valence-electron chi connectivity index (χ2n) is 10.0. The number of carbonyl (C=O) groups excluding carboxylic acids is 4. The molecule has 3 aromatic rings. The number of fused-ring (bicyclic) bond motifs is 1. The van der Waals surface area contributed by atoms with Crippen LogP contribution >= 0.6 is 11.8 Å². The highest BCUT2D eigenvalue weighted by Gasteiger charge is 2.56. The Hall–Kier alpha value is -4.19. The summed E-state index contributed by atoms with van der Waals surface area (Å²) in [7, 11) is 1.58. The number of imide groups is 1. The molecule has 224 valence electrons. The van der Waals surface area contributed by atoms with Crippen LogP contribution in [0.3, 0.4) is 0 Å². The first-order valence-electron chi connectivity index (χ1n) is 13.7. The number of benzene rings is 3. The Labute approximate surface area is 253 Å². The maximum atomic E-state index is 13.7. The number of nitrogens with zero attached hydrogens (tertiary/aromatic N) is 1. The van der Waals surface area contributed by atoms with Crippen LogP contribution in [-0.4, -0.2) is 72.2 Å². The molecule has 11 heteroatoms. The molecule has 2 aliphatic rings. The lowest BCUT2D eigenvalue weighted by Gasteiger charge is -2.47. The maximum absolute atomic E-state index is 13.7. The Bertz CT molecular complexity index is 1440. The van der Waals surface area contributed by atoms with Crippen molar-refractivity contribution in [2.24, 2.45) is 0 Å². The highest BCUT2D eigenvalue weighted by Crippen LogP contribution is 2.41. The van der Waals surface area contributed by atoms with E-state index in [4.69, 9.17) is 23.7 Å². The largest absolute Gasteiger partial charge is 0.497 e. The number of amides is 2. The number of methoxy groups -OCH3 is 1. The van der Waals surface area contributed by atoms with E-state index in [1.165, 1.54) is 25.6 Å². The summed E-state index contributed by atoms with van der Waals surface area (Å²) in [4.78, 5) is 54.0. The van der Waals surface area contributed by atoms with Gasteiger partial charge < -0.3 is 23.7 Å². The van der Waals surface area contributed by atoms with Crippen molar-refractivity contribution in [2.45, 2.75) is 55.1 Å². The third-order valence-electron chi connectivity index (χ3n) is 7.05. The summed E-state index contributed by atoms with van der Waals surface area (Å²) in [5, 5.41) is 0. The van der Waals surface area contributed by atoms with Crippen molar-refractivity contribution in [3.05, 3.63) is 95.6 Å². The summed E-state index contributed by atoms with van der Waals surface area (Å²) in [6.07, 6.45) is -3.33. The first-order chi connectivity index (χ1) is 20.8. The third-order valence-corrected chi connectivity index (χ3v) is 8.21. The van der Waals surface area contributed by atoms with Crippen LogP contribution in [0, 0.1) is 0 Å². The summed E-state index contributed by atoms with van der Waals surface area (Å²) < 4.78 is 29.2. The van der Waals surface area contributed by atoms with E-state index in [2.05, 4.69) is 0 Å².